The lowest BCUT2D eigenvalue weighted by molar-refractivity contribution is 0.668. The molecule has 0 fully saturated rings. The van der Waals surface area contributed by atoms with Gasteiger partial charge in [0, 0.05) is 16.7 Å². The first-order valence-electron chi connectivity index (χ1n) is 5.55. The largest absolute Gasteiger partial charge is 0.319 e. The van der Waals surface area contributed by atoms with Gasteiger partial charge in [0.05, 0.1) is 0 Å². The van der Waals surface area contributed by atoms with Crippen LogP contribution in [-0.2, 0) is 0 Å². The van der Waals surface area contributed by atoms with Crippen molar-refractivity contribution in [2.75, 3.05) is 13.6 Å². The second kappa shape index (κ2) is 6.19. The molecule has 0 amide bonds. The van der Waals surface area contributed by atoms with Crippen LogP contribution in [0.3, 0.4) is 0 Å². The third-order valence-corrected chi connectivity index (χ3v) is 3.42. The van der Waals surface area contributed by atoms with Crippen LogP contribution in [0.5, 0.6) is 0 Å². The molecule has 0 saturated carbocycles. The maximum atomic E-state index is 3.24. The standard InChI is InChI=1S/C13H21NS/c1-10(2)15-13-8-6-5-7-12(13)11(3)9-14-4/h5-8,10-11,14H,9H2,1-4H3. The smallest absolute Gasteiger partial charge is 0.0110 e. The molecule has 0 aliphatic heterocycles. The predicted octanol–water partition coefficient (Wildman–Crippen LogP) is 3.51. The molecule has 15 heavy (non-hydrogen) atoms. The van der Waals surface area contributed by atoms with E-state index in [-0.39, 0.29) is 0 Å². The summed E-state index contributed by atoms with van der Waals surface area (Å²) in [6, 6.07) is 8.73. The lowest BCUT2D eigenvalue weighted by atomic mass is 10.0. The van der Waals surface area contributed by atoms with Crippen LogP contribution in [0.4, 0.5) is 0 Å². The van der Waals surface area contributed by atoms with Crippen molar-refractivity contribution >= 4 is 11.8 Å². The highest BCUT2D eigenvalue weighted by Crippen LogP contribution is 2.30. The number of nitrogens with one attached hydrogen (secondary N) is 1. The zero-order valence-corrected chi connectivity index (χ0v) is 10.9. The van der Waals surface area contributed by atoms with Crippen molar-refractivity contribution in [1.29, 1.82) is 0 Å². The summed E-state index contributed by atoms with van der Waals surface area (Å²) < 4.78 is 0. The molecular formula is C13H21NS. The Kier molecular flexibility index (Phi) is 5.20. The average Bonchev–Trinajstić information content (AvgIpc) is 2.18. The van der Waals surface area contributed by atoms with Gasteiger partial charge >= 0.3 is 0 Å². The molecule has 1 aromatic carbocycles. The van der Waals surface area contributed by atoms with Crippen LogP contribution in [-0.4, -0.2) is 18.8 Å². The van der Waals surface area contributed by atoms with Crippen molar-refractivity contribution in [1.82, 2.24) is 5.32 Å². The van der Waals surface area contributed by atoms with Crippen LogP contribution in [0, 0.1) is 0 Å². The highest BCUT2D eigenvalue weighted by atomic mass is 32.2. The summed E-state index contributed by atoms with van der Waals surface area (Å²) in [6.07, 6.45) is 0. The van der Waals surface area contributed by atoms with Crippen molar-refractivity contribution in [3.8, 4) is 0 Å². The van der Waals surface area contributed by atoms with E-state index in [0.717, 1.165) is 6.54 Å². The topological polar surface area (TPSA) is 12.0 Å². The Labute approximate surface area is 97.7 Å². The van der Waals surface area contributed by atoms with Crippen molar-refractivity contribution in [2.24, 2.45) is 0 Å². The van der Waals surface area contributed by atoms with Gasteiger partial charge in [-0.25, -0.2) is 0 Å². The fourth-order valence-electron chi connectivity index (χ4n) is 1.67. The second-order valence-electron chi connectivity index (χ2n) is 4.16. The summed E-state index contributed by atoms with van der Waals surface area (Å²) in [5, 5.41) is 3.88. The molecule has 84 valence electrons. The molecule has 1 nitrogen and oxygen atoms in total. The highest BCUT2D eigenvalue weighted by Gasteiger charge is 2.10. The second-order valence-corrected chi connectivity index (χ2v) is 5.78. The zero-order chi connectivity index (χ0) is 11.3. The summed E-state index contributed by atoms with van der Waals surface area (Å²) in [5.74, 6) is 0.581. The van der Waals surface area contributed by atoms with Crippen molar-refractivity contribution in [3.63, 3.8) is 0 Å². The van der Waals surface area contributed by atoms with Gasteiger partial charge in [0.15, 0.2) is 0 Å². The van der Waals surface area contributed by atoms with Crippen LogP contribution < -0.4 is 5.32 Å². The Morgan fingerprint density at radius 2 is 1.87 bits per heavy atom. The molecule has 0 radical (unpaired) electrons. The van der Waals surface area contributed by atoms with E-state index >= 15 is 0 Å². The minimum Gasteiger partial charge on any atom is -0.319 e. The first-order valence-corrected chi connectivity index (χ1v) is 6.43. The van der Waals surface area contributed by atoms with Gasteiger partial charge in [-0.3, -0.25) is 0 Å². The van der Waals surface area contributed by atoms with E-state index in [2.05, 4.69) is 50.4 Å². The Balaban J connectivity index is 2.85. The van der Waals surface area contributed by atoms with E-state index in [4.69, 9.17) is 0 Å². The number of rotatable bonds is 5. The molecular weight excluding hydrogens is 202 g/mol. The van der Waals surface area contributed by atoms with Gasteiger partial charge in [-0.1, -0.05) is 39.0 Å². The van der Waals surface area contributed by atoms with E-state index in [1.165, 1.54) is 10.5 Å². The minimum atomic E-state index is 0.581. The quantitative estimate of drug-likeness (QED) is 0.767. The summed E-state index contributed by atoms with van der Waals surface area (Å²) in [5.41, 5.74) is 1.46. The summed E-state index contributed by atoms with van der Waals surface area (Å²) in [6.45, 7) is 7.79. The number of hydrogen-bond acceptors (Lipinski definition) is 2. The van der Waals surface area contributed by atoms with E-state index in [1.807, 2.05) is 18.8 Å². The van der Waals surface area contributed by atoms with Crippen molar-refractivity contribution in [2.45, 2.75) is 36.8 Å². The third kappa shape index (κ3) is 3.88. The number of likely N-dealkylation sites (N-methyl/N-ethyl adjacent to an activating group) is 1. The van der Waals surface area contributed by atoms with Crippen LogP contribution in [0.25, 0.3) is 0 Å². The molecule has 1 rings (SSSR count). The molecule has 0 aliphatic carbocycles. The zero-order valence-electron chi connectivity index (χ0n) is 10.1. The van der Waals surface area contributed by atoms with Gasteiger partial charge in [-0.2, -0.15) is 0 Å². The lowest BCUT2D eigenvalue weighted by Crippen LogP contribution is -2.15. The van der Waals surface area contributed by atoms with Gasteiger partial charge in [-0.05, 0) is 24.6 Å². The number of benzene rings is 1. The first-order chi connectivity index (χ1) is 7.15. The number of hydrogen-bond donors (Lipinski definition) is 1. The molecule has 1 unspecified atom stereocenters. The SMILES string of the molecule is CNCC(C)c1ccccc1SC(C)C. The summed E-state index contributed by atoms with van der Waals surface area (Å²) >= 11 is 1.95. The molecule has 1 N–H and O–H groups in total. The molecule has 2 heteroatoms. The van der Waals surface area contributed by atoms with E-state index in [1.54, 1.807) is 0 Å². The van der Waals surface area contributed by atoms with Crippen LogP contribution >= 0.6 is 11.8 Å². The Hall–Kier alpha value is -0.470. The van der Waals surface area contributed by atoms with Crippen LogP contribution in [0.2, 0.25) is 0 Å². The van der Waals surface area contributed by atoms with Gasteiger partial charge in [0.1, 0.15) is 0 Å². The van der Waals surface area contributed by atoms with E-state index in [0.29, 0.717) is 11.2 Å². The Morgan fingerprint density at radius 3 is 2.47 bits per heavy atom. The predicted molar refractivity (Wildman–Crippen MR) is 69.8 cm³/mol. The maximum absolute atomic E-state index is 3.24. The van der Waals surface area contributed by atoms with Gasteiger partial charge in [-0.15, -0.1) is 11.8 Å². The molecule has 1 aromatic rings. The third-order valence-electron chi connectivity index (χ3n) is 2.32. The van der Waals surface area contributed by atoms with Crippen LogP contribution in [0.15, 0.2) is 29.2 Å². The monoisotopic (exact) mass is 223 g/mol. The lowest BCUT2D eigenvalue weighted by Gasteiger charge is -2.16. The average molecular weight is 223 g/mol. The van der Waals surface area contributed by atoms with E-state index < -0.39 is 0 Å². The van der Waals surface area contributed by atoms with Crippen molar-refractivity contribution < 1.29 is 0 Å². The van der Waals surface area contributed by atoms with Gasteiger partial charge in [0.25, 0.3) is 0 Å². The summed E-state index contributed by atoms with van der Waals surface area (Å²) in [4.78, 5) is 1.43. The molecule has 0 spiro atoms. The van der Waals surface area contributed by atoms with Gasteiger partial charge < -0.3 is 5.32 Å². The van der Waals surface area contributed by atoms with Crippen molar-refractivity contribution in [3.05, 3.63) is 29.8 Å². The Morgan fingerprint density at radius 1 is 1.20 bits per heavy atom. The summed E-state index contributed by atoms with van der Waals surface area (Å²) in [7, 11) is 2.01. The molecule has 0 aromatic heterocycles. The van der Waals surface area contributed by atoms with Crippen LogP contribution in [0.1, 0.15) is 32.3 Å². The fourth-order valence-corrected chi connectivity index (χ4v) is 2.74. The van der Waals surface area contributed by atoms with E-state index in [9.17, 15) is 0 Å². The Bertz CT molecular complexity index is 296. The minimum absolute atomic E-state index is 0.581. The normalized spacial score (nSPS) is 13.1. The highest BCUT2D eigenvalue weighted by molar-refractivity contribution is 8.00. The number of thioether (sulfide) groups is 1. The van der Waals surface area contributed by atoms with Gasteiger partial charge in [0.2, 0.25) is 0 Å². The molecule has 1 atom stereocenters. The fraction of sp³-hybridized carbons (Fsp3) is 0.538. The molecule has 0 saturated heterocycles. The molecule has 0 heterocycles. The first kappa shape index (κ1) is 12.6. The molecule has 0 aliphatic rings. The molecule has 0 bridgehead atoms. The maximum Gasteiger partial charge on any atom is 0.0110 e.